The predicted octanol–water partition coefficient (Wildman–Crippen LogP) is 0.735. The highest BCUT2D eigenvalue weighted by atomic mass is 32.2. The minimum Gasteiger partial charge on any atom is -0.369 e. The molecular weight excluding hydrogens is 196 g/mol. The number of amides is 1. The maximum Gasteiger partial charge on any atom is 0.220 e. The molecule has 14 heavy (non-hydrogen) atoms. The van der Waals surface area contributed by atoms with Crippen LogP contribution in [0.4, 0.5) is 0 Å². The van der Waals surface area contributed by atoms with Gasteiger partial charge in [0, 0.05) is 29.5 Å². The zero-order chi connectivity index (χ0) is 9.97. The van der Waals surface area contributed by atoms with E-state index in [1.807, 2.05) is 11.8 Å². The van der Waals surface area contributed by atoms with Crippen molar-refractivity contribution >= 4 is 17.7 Å². The number of primary amides is 1. The van der Waals surface area contributed by atoms with Gasteiger partial charge in [0.1, 0.15) is 0 Å². The van der Waals surface area contributed by atoms with Crippen molar-refractivity contribution in [3.05, 3.63) is 0 Å². The van der Waals surface area contributed by atoms with Crippen molar-refractivity contribution in [3.8, 4) is 0 Å². The van der Waals surface area contributed by atoms with Crippen LogP contribution in [-0.4, -0.2) is 29.5 Å². The number of nitrogens with two attached hydrogens (primary N) is 1. The molecule has 0 aromatic heterocycles. The molecule has 2 fully saturated rings. The van der Waals surface area contributed by atoms with E-state index in [1.54, 1.807) is 0 Å². The molecule has 2 unspecified atom stereocenters. The van der Waals surface area contributed by atoms with Crippen LogP contribution in [0, 0.1) is 5.92 Å². The normalized spacial score (nSPS) is 33.7. The molecule has 1 heterocycles. The van der Waals surface area contributed by atoms with E-state index in [2.05, 4.69) is 5.32 Å². The fourth-order valence-corrected chi connectivity index (χ4v) is 2.93. The van der Waals surface area contributed by atoms with Crippen LogP contribution >= 0.6 is 11.8 Å². The number of carbonyl (C=O) groups is 1. The molecule has 1 saturated heterocycles. The maximum absolute atomic E-state index is 11.1. The second-order valence-corrected chi connectivity index (χ2v) is 5.44. The van der Waals surface area contributed by atoms with Crippen LogP contribution in [0.1, 0.15) is 25.7 Å². The Balaban J connectivity index is 1.78. The second kappa shape index (κ2) is 4.53. The first-order chi connectivity index (χ1) is 6.75. The number of nitrogens with one attached hydrogen (secondary N) is 1. The van der Waals surface area contributed by atoms with Crippen LogP contribution in [-0.2, 0) is 4.79 Å². The summed E-state index contributed by atoms with van der Waals surface area (Å²) in [5.41, 5.74) is 5.34. The zero-order valence-corrected chi connectivity index (χ0v) is 9.19. The molecule has 0 aromatic rings. The van der Waals surface area contributed by atoms with Gasteiger partial charge in [-0.3, -0.25) is 4.79 Å². The van der Waals surface area contributed by atoms with Crippen molar-refractivity contribution < 1.29 is 4.79 Å². The molecule has 2 rings (SSSR count). The third-order valence-electron chi connectivity index (χ3n) is 3.19. The van der Waals surface area contributed by atoms with Crippen molar-refractivity contribution in [1.29, 1.82) is 0 Å². The van der Waals surface area contributed by atoms with Crippen LogP contribution < -0.4 is 11.1 Å². The minimum absolute atomic E-state index is 0.112. The molecular formula is C10H18N2OS. The number of carbonyl (C=O) groups excluding carboxylic acids is 1. The standard InChI is InChI=1S/C10H18N2OS/c11-10(13)7-2-1-3-8(4-7)12-9-5-14-6-9/h7-9,12H,1-6H2,(H2,11,13). The van der Waals surface area contributed by atoms with Crippen LogP contribution in [0.3, 0.4) is 0 Å². The Bertz CT molecular complexity index is 218. The molecule has 0 bridgehead atoms. The Morgan fingerprint density at radius 1 is 1.29 bits per heavy atom. The van der Waals surface area contributed by atoms with Gasteiger partial charge in [0.2, 0.25) is 5.91 Å². The van der Waals surface area contributed by atoms with Crippen LogP contribution in [0.5, 0.6) is 0 Å². The molecule has 1 amide bonds. The summed E-state index contributed by atoms with van der Waals surface area (Å²) in [6.45, 7) is 0. The lowest BCUT2D eigenvalue weighted by atomic mass is 9.85. The third kappa shape index (κ3) is 2.42. The summed E-state index contributed by atoms with van der Waals surface area (Å²) in [7, 11) is 0. The van der Waals surface area contributed by atoms with E-state index < -0.39 is 0 Å². The summed E-state index contributed by atoms with van der Waals surface area (Å²) < 4.78 is 0. The van der Waals surface area contributed by atoms with Gasteiger partial charge in [-0.2, -0.15) is 11.8 Å². The van der Waals surface area contributed by atoms with Crippen LogP contribution in [0.15, 0.2) is 0 Å². The molecule has 0 spiro atoms. The Morgan fingerprint density at radius 3 is 2.64 bits per heavy atom. The largest absolute Gasteiger partial charge is 0.369 e. The molecule has 0 radical (unpaired) electrons. The van der Waals surface area contributed by atoms with Gasteiger partial charge in [-0.1, -0.05) is 6.42 Å². The number of thioether (sulfide) groups is 1. The Labute approximate surface area is 89.2 Å². The first kappa shape index (κ1) is 10.3. The average Bonchev–Trinajstić information content (AvgIpc) is 2.12. The molecule has 2 atom stereocenters. The van der Waals surface area contributed by atoms with Gasteiger partial charge < -0.3 is 11.1 Å². The number of hydrogen-bond donors (Lipinski definition) is 2. The molecule has 1 aliphatic carbocycles. The summed E-state index contributed by atoms with van der Waals surface area (Å²) in [5.74, 6) is 2.48. The SMILES string of the molecule is NC(=O)C1CCCC(NC2CSC2)C1. The smallest absolute Gasteiger partial charge is 0.220 e. The lowest BCUT2D eigenvalue weighted by Crippen LogP contribution is -2.48. The van der Waals surface area contributed by atoms with E-state index in [0.29, 0.717) is 12.1 Å². The van der Waals surface area contributed by atoms with Gasteiger partial charge in [0.05, 0.1) is 0 Å². The van der Waals surface area contributed by atoms with Crippen molar-refractivity contribution in [3.63, 3.8) is 0 Å². The monoisotopic (exact) mass is 214 g/mol. The summed E-state index contributed by atoms with van der Waals surface area (Å²) >= 11 is 1.99. The number of rotatable bonds is 3. The van der Waals surface area contributed by atoms with Crippen molar-refractivity contribution in [2.24, 2.45) is 11.7 Å². The van der Waals surface area contributed by atoms with Gasteiger partial charge in [-0.25, -0.2) is 0 Å². The van der Waals surface area contributed by atoms with E-state index >= 15 is 0 Å². The highest BCUT2D eigenvalue weighted by Gasteiger charge is 2.28. The summed E-state index contributed by atoms with van der Waals surface area (Å²) in [6, 6.07) is 1.23. The Morgan fingerprint density at radius 2 is 2.07 bits per heavy atom. The van der Waals surface area contributed by atoms with Crippen LogP contribution in [0.2, 0.25) is 0 Å². The lowest BCUT2D eigenvalue weighted by Gasteiger charge is -2.34. The molecule has 3 nitrogen and oxygen atoms in total. The zero-order valence-electron chi connectivity index (χ0n) is 8.37. The van der Waals surface area contributed by atoms with E-state index in [-0.39, 0.29) is 11.8 Å². The second-order valence-electron chi connectivity index (χ2n) is 4.36. The van der Waals surface area contributed by atoms with Gasteiger partial charge in [0.15, 0.2) is 0 Å². The molecule has 80 valence electrons. The number of hydrogen-bond acceptors (Lipinski definition) is 3. The maximum atomic E-state index is 11.1. The van der Waals surface area contributed by atoms with Gasteiger partial charge in [-0.05, 0) is 19.3 Å². The fourth-order valence-electron chi connectivity index (χ4n) is 2.26. The Kier molecular flexibility index (Phi) is 3.34. The molecule has 3 N–H and O–H groups in total. The molecule has 2 aliphatic rings. The third-order valence-corrected chi connectivity index (χ3v) is 4.46. The van der Waals surface area contributed by atoms with Crippen molar-refractivity contribution in [2.45, 2.75) is 37.8 Å². The van der Waals surface area contributed by atoms with E-state index in [0.717, 1.165) is 19.3 Å². The first-order valence-corrected chi connectivity index (χ1v) is 6.54. The van der Waals surface area contributed by atoms with E-state index in [4.69, 9.17) is 5.73 Å². The highest BCUT2D eigenvalue weighted by molar-refractivity contribution is 8.00. The summed E-state index contributed by atoms with van der Waals surface area (Å²) in [4.78, 5) is 11.1. The average molecular weight is 214 g/mol. The quantitative estimate of drug-likeness (QED) is 0.728. The van der Waals surface area contributed by atoms with E-state index in [9.17, 15) is 4.79 Å². The predicted molar refractivity (Wildman–Crippen MR) is 59.2 cm³/mol. The minimum atomic E-state index is -0.112. The van der Waals surface area contributed by atoms with Gasteiger partial charge >= 0.3 is 0 Å². The molecule has 1 aliphatic heterocycles. The van der Waals surface area contributed by atoms with Gasteiger partial charge in [-0.15, -0.1) is 0 Å². The molecule has 4 heteroatoms. The Hall–Kier alpha value is -0.220. The fraction of sp³-hybridized carbons (Fsp3) is 0.900. The molecule has 1 saturated carbocycles. The van der Waals surface area contributed by atoms with Crippen LogP contribution in [0.25, 0.3) is 0 Å². The molecule has 0 aromatic carbocycles. The van der Waals surface area contributed by atoms with Gasteiger partial charge in [0.25, 0.3) is 0 Å². The summed E-state index contributed by atoms with van der Waals surface area (Å²) in [6.07, 6.45) is 4.31. The summed E-state index contributed by atoms with van der Waals surface area (Å²) in [5, 5.41) is 3.61. The van der Waals surface area contributed by atoms with Crippen molar-refractivity contribution in [1.82, 2.24) is 5.32 Å². The lowest BCUT2D eigenvalue weighted by molar-refractivity contribution is -0.122. The van der Waals surface area contributed by atoms with E-state index in [1.165, 1.54) is 17.9 Å². The highest BCUT2D eigenvalue weighted by Crippen LogP contribution is 2.26. The van der Waals surface area contributed by atoms with Crippen molar-refractivity contribution in [2.75, 3.05) is 11.5 Å². The first-order valence-electron chi connectivity index (χ1n) is 5.39. The topological polar surface area (TPSA) is 55.1 Å².